The summed E-state index contributed by atoms with van der Waals surface area (Å²) in [6.45, 7) is 0. The van der Waals surface area contributed by atoms with Crippen LogP contribution in [0.2, 0.25) is 0 Å². The molecule has 0 atom stereocenters. The smallest absolute Gasteiger partial charge is 0.233 e. The Hall–Kier alpha value is -1.75. The van der Waals surface area contributed by atoms with Crippen molar-refractivity contribution in [3.8, 4) is 0 Å². The molecule has 0 bridgehead atoms. The average molecular weight is 276 g/mol. The van der Waals surface area contributed by atoms with E-state index in [1.54, 1.807) is 12.1 Å². The number of hydrogen-bond acceptors (Lipinski definition) is 3. The molecule has 2 amide bonds. The summed E-state index contributed by atoms with van der Waals surface area (Å²) in [5.74, 6) is -0.241. The zero-order valence-electron chi connectivity index (χ0n) is 10.6. The summed E-state index contributed by atoms with van der Waals surface area (Å²) in [6, 6.07) is 7.24. The van der Waals surface area contributed by atoms with Gasteiger partial charge in [0.15, 0.2) is 0 Å². The largest absolute Gasteiger partial charge is 0.393 e. The van der Waals surface area contributed by atoms with Crippen molar-refractivity contribution < 1.29 is 9.59 Å². The van der Waals surface area contributed by atoms with Crippen molar-refractivity contribution in [2.75, 3.05) is 4.90 Å². The second-order valence-electron chi connectivity index (χ2n) is 4.64. The number of carbonyl (C=O) groups excluding carboxylic acids is 2. The Labute approximate surface area is 117 Å². The minimum atomic E-state index is -0.121. The van der Waals surface area contributed by atoms with E-state index in [2.05, 4.69) is 0 Å². The lowest BCUT2D eigenvalue weighted by atomic mass is 10.1. The van der Waals surface area contributed by atoms with Crippen LogP contribution >= 0.6 is 12.2 Å². The number of carbonyl (C=O) groups is 2. The third-order valence-electron chi connectivity index (χ3n) is 3.10. The molecule has 19 heavy (non-hydrogen) atoms. The highest BCUT2D eigenvalue weighted by molar-refractivity contribution is 7.80. The van der Waals surface area contributed by atoms with E-state index < -0.39 is 0 Å². The number of amides is 2. The van der Waals surface area contributed by atoms with Gasteiger partial charge in [0, 0.05) is 19.3 Å². The molecule has 0 aromatic heterocycles. The third-order valence-corrected chi connectivity index (χ3v) is 3.25. The van der Waals surface area contributed by atoms with Crippen molar-refractivity contribution in [2.45, 2.75) is 32.1 Å². The highest BCUT2D eigenvalue weighted by atomic mass is 32.1. The number of nitrogens with two attached hydrogens (primary N) is 1. The molecule has 2 rings (SSSR count). The van der Waals surface area contributed by atoms with Crippen molar-refractivity contribution in [2.24, 2.45) is 5.73 Å². The fraction of sp³-hybridized carbons (Fsp3) is 0.357. The van der Waals surface area contributed by atoms with Gasteiger partial charge in [-0.15, -0.1) is 0 Å². The molecular formula is C14H16N2O2S. The van der Waals surface area contributed by atoms with Crippen LogP contribution in [-0.2, 0) is 16.0 Å². The lowest BCUT2D eigenvalue weighted by Gasteiger charge is -2.19. The molecule has 2 N–H and O–H groups in total. The van der Waals surface area contributed by atoms with E-state index in [1.165, 1.54) is 4.90 Å². The number of benzene rings is 1. The van der Waals surface area contributed by atoms with E-state index in [1.807, 2.05) is 12.1 Å². The van der Waals surface area contributed by atoms with Gasteiger partial charge in [0.05, 0.1) is 10.7 Å². The molecule has 1 aliphatic rings. The molecule has 1 aromatic rings. The van der Waals surface area contributed by atoms with Crippen LogP contribution in [0.3, 0.4) is 0 Å². The van der Waals surface area contributed by atoms with Gasteiger partial charge in [0.1, 0.15) is 0 Å². The number of thiocarbonyl (C=S) groups is 1. The van der Waals surface area contributed by atoms with Crippen LogP contribution in [0, 0.1) is 0 Å². The molecule has 0 aliphatic carbocycles. The Bertz CT molecular complexity index is 493. The molecule has 5 heteroatoms. The van der Waals surface area contributed by atoms with Gasteiger partial charge in [-0.05, 0) is 30.5 Å². The number of nitrogens with zero attached hydrogens (tertiary/aromatic N) is 1. The fourth-order valence-corrected chi connectivity index (χ4v) is 2.33. The molecule has 1 aliphatic heterocycles. The maximum Gasteiger partial charge on any atom is 0.233 e. The molecule has 100 valence electrons. The molecule has 0 unspecified atom stereocenters. The first-order valence-electron chi connectivity index (χ1n) is 6.31. The molecule has 1 fully saturated rings. The summed E-state index contributed by atoms with van der Waals surface area (Å²) < 4.78 is 0. The molecule has 4 nitrogen and oxygen atoms in total. The molecule has 0 spiro atoms. The SMILES string of the molecule is NC(=S)Cc1ccc(N2C(=O)CCCCC2=O)cc1. The summed E-state index contributed by atoms with van der Waals surface area (Å²) >= 11 is 4.85. The Kier molecular flexibility index (Phi) is 4.27. The molecule has 0 saturated carbocycles. The molecular weight excluding hydrogens is 260 g/mol. The lowest BCUT2D eigenvalue weighted by molar-refractivity contribution is -0.125. The standard InChI is InChI=1S/C14H16N2O2S/c15-12(19)9-10-5-7-11(8-6-10)16-13(17)3-1-2-4-14(16)18/h5-8H,1-4,9H2,(H2,15,19). The lowest BCUT2D eigenvalue weighted by Crippen LogP contribution is -2.35. The van der Waals surface area contributed by atoms with Crippen LogP contribution < -0.4 is 10.6 Å². The van der Waals surface area contributed by atoms with Crippen molar-refractivity contribution in [1.29, 1.82) is 0 Å². The van der Waals surface area contributed by atoms with Crippen molar-refractivity contribution in [3.63, 3.8) is 0 Å². The van der Waals surface area contributed by atoms with Crippen LogP contribution in [0.25, 0.3) is 0 Å². The predicted molar refractivity (Wildman–Crippen MR) is 77.9 cm³/mol. The predicted octanol–water partition coefficient (Wildman–Crippen LogP) is 1.95. The second-order valence-corrected chi connectivity index (χ2v) is 5.16. The van der Waals surface area contributed by atoms with Crippen LogP contribution in [-0.4, -0.2) is 16.8 Å². The highest BCUT2D eigenvalue weighted by Gasteiger charge is 2.25. The fourth-order valence-electron chi connectivity index (χ4n) is 2.17. The van der Waals surface area contributed by atoms with Gasteiger partial charge in [-0.3, -0.25) is 14.5 Å². The van der Waals surface area contributed by atoms with E-state index in [4.69, 9.17) is 18.0 Å². The Balaban J connectivity index is 2.22. The zero-order chi connectivity index (χ0) is 13.8. The van der Waals surface area contributed by atoms with Gasteiger partial charge in [0.25, 0.3) is 0 Å². The van der Waals surface area contributed by atoms with Crippen LogP contribution in [0.5, 0.6) is 0 Å². The average Bonchev–Trinajstić information content (AvgIpc) is 2.52. The van der Waals surface area contributed by atoms with Gasteiger partial charge < -0.3 is 5.73 Å². The van der Waals surface area contributed by atoms with Gasteiger partial charge in [-0.2, -0.15) is 0 Å². The molecule has 0 radical (unpaired) electrons. The summed E-state index contributed by atoms with van der Waals surface area (Å²) in [5.41, 5.74) is 7.09. The van der Waals surface area contributed by atoms with Gasteiger partial charge >= 0.3 is 0 Å². The molecule has 1 aromatic carbocycles. The number of hydrogen-bond donors (Lipinski definition) is 1. The van der Waals surface area contributed by atoms with Crippen molar-refractivity contribution >= 4 is 34.7 Å². The van der Waals surface area contributed by atoms with Gasteiger partial charge in [0.2, 0.25) is 11.8 Å². The summed E-state index contributed by atoms with van der Waals surface area (Å²) in [6.07, 6.45) is 2.94. The Morgan fingerprint density at radius 1 is 1.11 bits per heavy atom. The highest BCUT2D eigenvalue weighted by Crippen LogP contribution is 2.22. The van der Waals surface area contributed by atoms with Gasteiger partial charge in [-0.25, -0.2) is 0 Å². The minimum absolute atomic E-state index is 0.121. The quantitative estimate of drug-likeness (QED) is 0.677. The van der Waals surface area contributed by atoms with Crippen molar-refractivity contribution in [3.05, 3.63) is 29.8 Å². The van der Waals surface area contributed by atoms with Gasteiger partial charge in [-0.1, -0.05) is 24.4 Å². The number of anilines is 1. The topological polar surface area (TPSA) is 63.4 Å². The number of rotatable bonds is 3. The van der Waals surface area contributed by atoms with E-state index in [-0.39, 0.29) is 11.8 Å². The van der Waals surface area contributed by atoms with E-state index in [9.17, 15) is 9.59 Å². The maximum atomic E-state index is 12.0. The summed E-state index contributed by atoms with van der Waals surface area (Å²) in [4.78, 5) is 25.6. The molecule has 1 heterocycles. The van der Waals surface area contributed by atoms with Crippen molar-refractivity contribution in [1.82, 2.24) is 0 Å². The Morgan fingerprint density at radius 2 is 1.63 bits per heavy atom. The van der Waals surface area contributed by atoms with E-state index >= 15 is 0 Å². The summed E-state index contributed by atoms with van der Waals surface area (Å²) in [5, 5.41) is 0. The maximum absolute atomic E-state index is 12.0. The first-order chi connectivity index (χ1) is 9.08. The normalized spacial score (nSPS) is 16.3. The summed E-state index contributed by atoms with van der Waals surface area (Å²) in [7, 11) is 0. The van der Waals surface area contributed by atoms with Crippen LogP contribution in [0.4, 0.5) is 5.69 Å². The Morgan fingerprint density at radius 3 is 2.11 bits per heavy atom. The third kappa shape index (κ3) is 3.38. The molecule has 1 saturated heterocycles. The van der Waals surface area contributed by atoms with Crippen LogP contribution in [0.1, 0.15) is 31.2 Å². The van der Waals surface area contributed by atoms with E-state index in [0.717, 1.165) is 18.4 Å². The van der Waals surface area contributed by atoms with E-state index in [0.29, 0.717) is 29.9 Å². The number of imide groups is 1. The van der Waals surface area contributed by atoms with Crippen LogP contribution in [0.15, 0.2) is 24.3 Å². The first-order valence-corrected chi connectivity index (χ1v) is 6.72. The first kappa shape index (κ1) is 13.7. The minimum Gasteiger partial charge on any atom is -0.393 e. The monoisotopic (exact) mass is 276 g/mol. The second kappa shape index (κ2) is 5.93. The zero-order valence-corrected chi connectivity index (χ0v) is 11.4.